The van der Waals surface area contributed by atoms with E-state index in [9.17, 15) is 9.90 Å². The van der Waals surface area contributed by atoms with E-state index in [1.165, 1.54) is 0 Å². The largest absolute Gasteiger partial charge is 0.462 e. The van der Waals surface area contributed by atoms with Crippen LogP contribution < -0.4 is 0 Å². The molecule has 34 heavy (non-hydrogen) atoms. The van der Waals surface area contributed by atoms with Crippen molar-refractivity contribution in [3.05, 3.63) is 0 Å². The molecule has 0 aromatic heterocycles. The Bertz CT molecular complexity index is 562. The molecule has 0 rings (SSSR count). The molecule has 204 valence electrons. The second-order valence-electron chi connectivity index (χ2n) is 11.6. The topological polar surface area (TPSA) is 74.2 Å². The van der Waals surface area contributed by atoms with Crippen molar-refractivity contribution in [2.45, 2.75) is 130 Å². The molecule has 0 aromatic carbocycles. The number of ether oxygens (including phenoxy) is 3. The van der Waals surface area contributed by atoms with Gasteiger partial charge in [-0.25, -0.2) is 0 Å². The number of rotatable bonds is 17. The number of aliphatic hydroxyl groups excluding tert-OH is 1. The third-order valence-electron chi connectivity index (χ3n) is 7.86. The van der Waals surface area contributed by atoms with Crippen LogP contribution in [0.2, 0.25) is 18.1 Å². The van der Waals surface area contributed by atoms with Crippen molar-refractivity contribution >= 4 is 14.3 Å². The van der Waals surface area contributed by atoms with Crippen LogP contribution in [0.15, 0.2) is 0 Å². The van der Waals surface area contributed by atoms with Gasteiger partial charge in [0.1, 0.15) is 6.10 Å². The van der Waals surface area contributed by atoms with E-state index in [-0.39, 0.29) is 59.8 Å². The summed E-state index contributed by atoms with van der Waals surface area (Å²) in [5.41, 5.74) is 0. The molecule has 0 aliphatic carbocycles. The minimum atomic E-state index is -1.86. The molecule has 0 bridgehead atoms. The molecule has 0 spiro atoms. The molecule has 0 aromatic rings. The number of methoxy groups -OCH3 is 2. The average molecular weight is 505 g/mol. The van der Waals surface area contributed by atoms with E-state index < -0.39 is 8.32 Å². The molecule has 0 fully saturated rings. The Morgan fingerprint density at radius 2 is 1.53 bits per heavy atom. The fraction of sp³-hybridized carbons (Fsp3) is 0.963. The highest BCUT2D eigenvalue weighted by Gasteiger charge is 2.39. The molecule has 0 unspecified atom stereocenters. The molecule has 0 radical (unpaired) electrons. The maximum absolute atomic E-state index is 12.2. The van der Waals surface area contributed by atoms with Gasteiger partial charge >= 0.3 is 5.97 Å². The standard InChI is InChI=1S/C27H56O6Si/c1-13-22(33-34(11,12)27(6,7)8)17-24(30-9)19(3)15-16-23(32-25(29)14-2)21(5)26(31-10)20(4)18-28/h19-24,26,28H,13-18H2,1-12H3/t19-,20+,21-,22+,23+,24-,26+/m0/s1. The molecule has 7 atom stereocenters. The van der Waals surface area contributed by atoms with Crippen molar-refractivity contribution < 1.29 is 28.5 Å². The maximum atomic E-state index is 12.2. The highest BCUT2D eigenvalue weighted by molar-refractivity contribution is 6.74. The predicted octanol–water partition coefficient (Wildman–Crippen LogP) is 6.21. The molecular formula is C27H56O6Si. The van der Waals surface area contributed by atoms with Gasteiger partial charge in [-0.1, -0.05) is 55.4 Å². The number of hydrogen-bond acceptors (Lipinski definition) is 6. The number of esters is 1. The van der Waals surface area contributed by atoms with E-state index in [0.717, 1.165) is 25.7 Å². The monoisotopic (exact) mass is 504 g/mol. The maximum Gasteiger partial charge on any atom is 0.305 e. The number of aliphatic hydroxyl groups is 1. The van der Waals surface area contributed by atoms with E-state index >= 15 is 0 Å². The predicted molar refractivity (Wildman–Crippen MR) is 143 cm³/mol. The van der Waals surface area contributed by atoms with Crippen molar-refractivity contribution in [1.82, 2.24) is 0 Å². The summed E-state index contributed by atoms with van der Waals surface area (Å²) in [5.74, 6) is 0.0207. The summed E-state index contributed by atoms with van der Waals surface area (Å²) in [5, 5.41) is 9.81. The molecule has 0 saturated heterocycles. The van der Waals surface area contributed by atoms with Crippen molar-refractivity contribution in [3.63, 3.8) is 0 Å². The molecule has 0 aliphatic heterocycles. The van der Waals surface area contributed by atoms with Gasteiger partial charge in [0, 0.05) is 45.2 Å². The van der Waals surface area contributed by atoms with Crippen LogP contribution in [0.3, 0.4) is 0 Å². The Labute approximate surface area is 211 Å². The van der Waals surface area contributed by atoms with Crippen LogP contribution in [0.4, 0.5) is 0 Å². The molecule has 0 amide bonds. The smallest absolute Gasteiger partial charge is 0.305 e. The number of hydrogen-bond donors (Lipinski definition) is 1. The van der Waals surface area contributed by atoms with Gasteiger partial charge in [-0.3, -0.25) is 4.79 Å². The van der Waals surface area contributed by atoms with E-state index in [4.69, 9.17) is 18.6 Å². The van der Waals surface area contributed by atoms with Crippen LogP contribution in [0.5, 0.6) is 0 Å². The van der Waals surface area contributed by atoms with Crippen LogP contribution in [0.25, 0.3) is 0 Å². The van der Waals surface area contributed by atoms with E-state index in [0.29, 0.717) is 6.42 Å². The first kappa shape index (κ1) is 33.5. The lowest BCUT2D eigenvalue weighted by atomic mass is 9.85. The van der Waals surface area contributed by atoms with Crippen molar-refractivity contribution in [1.29, 1.82) is 0 Å². The van der Waals surface area contributed by atoms with Gasteiger partial charge in [0.2, 0.25) is 0 Å². The van der Waals surface area contributed by atoms with Crippen LogP contribution in [0.1, 0.15) is 87.5 Å². The fourth-order valence-electron chi connectivity index (χ4n) is 4.29. The average Bonchev–Trinajstić information content (AvgIpc) is 2.77. The molecule has 0 aliphatic rings. The first-order chi connectivity index (χ1) is 15.7. The normalized spacial score (nSPS) is 19.1. The first-order valence-corrected chi connectivity index (χ1v) is 16.1. The van der Waals surface area contributed by atoms with Gasteiger partial charge in [-0.05, 0) is 49.7 Å². The summed E-state index contributed by atoms with van der Waals surface area (Å²) < 4.78 is 24.2. The molecular weight excluding hydrogens is 448 g/mol. The summed E-state index contributed by atoms with van der Waals surface area (Å²) in [6.45, 7) is 21.7. The third-order valence-corrected chi connectivity index (χ3v) is 12.4. The third kappa shape index (κ3) is 10.6. The van der Waals surface area contributed by atoms with Gasteiger partial charge in [0.05, 0.1) is 12.2 Å². The first-order valence-electron chi connectivity index (χ1n) is 13.2. The number of carbonyl (C=O) groups excluding carboxylic acids is 1. The lowest BCUT2D eigenvalue weighted by Crippen LogP contribution is -2.45. The minimum absolute atomic E-state index is 0.0267. The van der Waals surface area contributed by atoms with Crippen LogP contribution >= 0.6 is 0 Å². The van der Waals surface area contributed by atoms with Crippen molar-refractivity contribution in [2.24, 2.45) is 17.8 Å². The van der Waals surface area contributed by atoms with Gasteiger partial charge < -0.3 is 23.7 Å². The molecule has 7 heteroatoms. The summed E-state index contributed by atoms with van der Waals surface area (Å²) in [6.07, 6.45) is 3.55. The van der Waals surface area contributed by atoms with E-state index in [2.05, 4.69) is 47.7 Å². The molecule has 0 saturated carbocycles. The van der Waals surface area contributed by atoms with Crippen LogP contribution in [-0.2, 0) is 23.4 Å². The van der Waals surface area contributed by atoms with Gasteiger partial charge in [-0.15, -0.1) is 0 Å². The van der Waals surface area contributed by atoms with Gasteiger partial charge in [0.25, 0.3) is 0 Å². The van der Waals surface area contributed by atoms with Gasteiger partial charge in [-0.2, -0.15) is 0 Å². The Balaban J connectivity index is 5.34. The molecule has 0 heterocycles. The lowest BCUT2D eigenvalue weighted by molar-refractivity contribution is -0.156. The second-order valence-corrected chi connectivity index (χ2v) is 16.3. The highest BCUT2D eigenvalue weighted by Crippen LogP contribution is 2.38. The van der Waals surface area contributed by atoms with Crippen LogP contribution in [0, 0.1) is 17.8 Å². The van der Waals surface area contributed by atoms with Crippen molar-refractivity contribution in [2.75, 3.05) is 20.8 Å². The zero-order valence-electron chi connectivity index (χ0n) is 24.3. The zero-order valence-corrected chi connectivity index (χ0v) is 25.3. The summed E-state index contributed by atoms with van der Waals surface area (Å²) in [4.78, 5) is 12.2. The Morgan fingerprint density at radius 3 is 1.94 bits per heavy atom. The second kappa shape index (κ2) is 15.6. The summed E-state index contributed by atoms with van der Waals surface area (Å²) in [7, 11) is 1.58. The number of carbonyl (C=O) groups is 1. The Kier molecular flexibility index (Phi) is 15.4. The lowest BCUT2D eigenvalue weighted by Gasteiger charge is -2.40. The Morgan fingerprint density at radius 1 is 0.941 bits per heavy atom. The fourth-order valence-corrected chi connectivity index (χ4v) is 5.74. The SMILES string of the molecule is CCC(=O)O[C@H](CC[C@H](C)[C@H](C[C@@H](CC)O[Si](C)(C)C(C)(C)C)OC)[C@H](C)[C@H](OC)[C@H](C)CO. The summed E-state index contributed by atoms with van der Waals surface area (Å²) in [6, 6.07) is 0. The molecule has 1 N–H and O–H groups in total. The van der Waals surface area contributed by atoms with Crippen molar-refractivity contribution in [3.8, 4) is 0 Å². The quantitative estimate of drug-likeness (QED) is 0.187. The van der Waals surface area contributed by atoms with E-state index in [1.54, 1.807) is 14.2 Å². The van der Waals surface area contributed by atoms with E-state index in [1.807, 2.05) is 20.8 Å². The van der Waals surface area contributed by atoms with Gasteiger partial charge in [0.15, 0.2) is 8.32 Å². The summed E-state index contributed by atoms with van der Waals surface area (Å²) >= 11 is 0. The molecule has 6 nitrogen and oxygen atoms in total. The zero-order chi connectivity index (χ0) is 26.7. The minimum Gasteiger partial charge on any atom is -0.462 e. The van der Waals surface area contributed by atoms with Crippen LogP contribution in [-0.4, -0.2) is 64.6 Å². The highest BCUT2D eigenvalue weighted by atomic mass is 28.4. The Hall–Kier alpha value is -0.473.